The molecule has 5 nitrogen and oxygen atoms in total. The molecule has 1 aromatic carbocycles. The van der Waals surface area contributed by atoms with Gasteiger partial charge in [-0.2, -0.15) is 0 Å². The fourth-order valence-corrected chi connectivity index (χ4v) is 2.86. The van der Waals surface area contributed by atoms with Crippen LogP contribution in [0.4, 0.5) is 0 Å². The van der Waals surface area contributed by atoms with E-state index in [-0.39, 0.29) is 6.10 Å². The van der Waals surface area contributed by atoms with Gasteiger partial charge in [-0.05, 0) is 30.9 Å². The van der Waals surface area contributed by atoms with Crippen molar-refractivity contribution in [2.45, 2.75) is 38.3 Å². The third kappa shape index (κ3) is 3.64. The van der Waals surface area contributed by atoms with E-state index in [0.717, 1.165) is 23.4 Å². The van der Waals surface area contributed by atoms with Crippen LogP contribution in [-0.2, 0) is 0 Å². The quantitative estimate of drug-likeness (QED) is 0.647. The second-order valence-electron chi connectivity index (χ2n) is 5.99. The highest BCUT2D eigenvalue weighted by Gasteiger charge is 2.36. The van der Waals surface area contributed by atoms with Crippen molar-refractivity contribution in [3.63, 3.8) is 0 Å². The van der Waals surface area contributed by atoms with E-state index in [9.17, 15) is 0 Å². The fourth-order valence-electron chi connectivity index (χ4n) is 2.86. The minimum atomic E-state index is -0.000841. The van der Waals surface area contributed by atoms with E-state index >= 15 is 0 Å². The van der Waals surface area contributed by atoms with Gasteiger partial charge in [-0.1, -0.05) is 25.5 Å². The summed E-state index contributed by atoms with van der Waals surface area (Å²) in [5.74, 6) is 3.30. The minimum Gasteiger partial charge on any atom is -0.486 e. The molecule has 0 radical (unpaired) electrons. The van der Waals surface area contributed by atoms with E-state index in [2.05, 4.69) is 22.5 Å². The number of hydrogen-bond acceptors (Lipinski definition) is 3. The average molecular weight is 303 g/mol. The first-order chi connectivity index (χ1) is 10.8. The number of para-hydroxylation sites is 2. The molecular formula is C17H25N3O2. The number of nitrogens with one attached hydrogen (secondary N) is 2. The minimum absolute atomic E-state index is 0.000841. The molecule has 3 atom stereocenters. The van der Waals surface area contributed by atoms with Gasteiger partial charge in [0, 0.05) is 13.1 Å². The molecule has 5 heteroatoms. The highest BCUT2D eigenvalue weighted by molar-refractivity contribution is 5.80. The van der Waals surface area contributed by atoms with E-state index in [1.165, 1.54) is 19.3 Å². The molecular weight excluding hydrogens is 278 g/mol. The molecule has 1 aliphatic carbocycles. The monoisotopic (exact) mass is 303 g/mol. The van der Waals surface area contributed by atoms with Crippen LogP contribution in [0.25, 0.3) is 0 Å². The Morgan fingerprint density at radius 2 is 2.14 bits per heavy atom. The maximum absolute atomic E-state index is 5.94. The summed E-state index contributed by atoms with van der Waals surface area (Å²) in [6.45, 7) is 3.47. The Labute approximate surface area is 132 Å². The van der Waals surface area contributed by atoms with Gasteiger partial charge < -0.3 is 20.1 Å². The van der Waals surface area contributed by atoms with Crippen molar-refractivity contribution >= 4 is 5.96 Å². The van der Waals surface area contributed by atoms with Crippen molar-refractivity contribution < 1.29 is 9.47 Å². The average Bonchev–Trinajstić information content (AvgIpc) is 3.29. The van der Waals surface area contributed by atoms with Crippen LogP contribution in [0.2, 0.25) is 0 Å². The number of ether oxygens (including phenoxy) is 2. The molecule has 120 valence electrons. The first-order valence-corrected chi connectivity index (χ1v) is 8.15. The Bertz CT molecular complexity index is 532. The van der Waals surface area contributed by atoms with Gasteiger partial charge in [-0.25, -0.2) is 0 Å². The summed E-state index contributed by atoms with van der Waals surface area (Å²) in [5.41, 5.74) is 0. The lowest BCUT2D eigenvalue weighted by Crippen LogP contribution is -2.46. The molecule has 3 rings (SSSR count). The Kier molecular flexibility index (Phi) is 4.71. The van der Waals surface area contributed by atoms with Crippen LogP contribution in [0.15, 0.2) is 29.3 Å². The lowest BCUT2D eigenvalue weighted by atomic mass is 10.2. The van der Waals surface area contributed by atoms with Gasteiger partial charge in [0.15, 0.2) is 17.5 Å². The molecule has 2 aliphatic rings. The summed E-state index contributed by atoms with van der Waals surface area (Å²) in [7, 11) is 1.81. The Hall–Kier alpha value is -1.91. The van der Waals surface area contributed by atoms with Gasteiger partial charge in [-0.15, -0.1) is 0 Å². The summed E-state index contributed by atoms with van der Waals surface area (Å²) in [6, 6.07) is 8.36. The highest BCUT2D eigenvalue weighted by atomic mass is 16.6. The summed E-state index contributed by atoms with van der Waals surface area (Å²) in [5, 5.41) is 6.81. The van der Waals surface area contributed by atoms with Crippen molar-refractivity contribution in [1.29, 1.82) is 0 Å². The molecule has 3 unspecified atom stereocenters. The maximum Gasteiger partial charge on any atom is 0.191 e. The molecule has 1 saturated carbocycles. The Morgan fingerprint density at radius 1 is 1.32 bits per heavy atom. The molecule has 0 amide bonds. The van der Waals surface area contributed by atoms with Gasteiger partial charge in [0.05, 0.1) is 6.54 Å². The summed E-state index contributed by atoms with van der Waals surface area (Å²) < 4.78 is 11.7. The smallest absolute Gasteiger partial charge is 0.191 e. The van der Waals surface area contributed by atoms with E-state index < -0.39 is 0 Å². The van der Waals surface area contributed by atoms with Gasteiger partial charge >= 0.3 is 0 Å². The van der Waals surface area contributed by atoms with Gasteiger partial charge in [0.2, 0.25) is 0 Å². The topological polar surface area (TPSA) is 54.9 Å². The SMILES string of the molecule is CCCC1CC1NC(=NC)NCC1COc2ccccc2O1. The molecule has 1 aliphatic heterocycles. The molecule has 1 heterocycles. The van der Waals surface area contributed by atoms with Crippen LogP contribution >= 0.6 is 0 Å². The third-order valence-electron chi connectivity index (χ3n) is 4.19. The highest BCUT2D eigenvalue weighted by Crippen LogP contribution is 2.34. The van der Waals surface area contributed by atoms with Crippen LogP contribution in [0.1, 0.15) is 26.2 Å². The number of nitrogens with zero attached hydrogens (tertiary/aromatic N) is 1. The zero-order valence-corrected chi connectivity index (χ0v) is 13.3. The summed E-state index contributed by atoms with van der Waals surface area (Å²) in [6.07, 6.45) is 3.80. The summed E-state index contributed by atoms with van der Waals surface area (Å²) >= 11 is 0. The molecule has 1 fully saturated rings. The van der Waals surface area contributed by atoms with E-state index in [1.807, 2.05) is 24.3 Å². The normalized spacial score (nSPS) is 26.5. The number of hydrogen-bond donors (Lipinski definition) is 2. The van der Waals surface area contributed by atoms with Crippen LogP contribution in [0.5, 0.6) is 11.5 Å². The first kappa shape index (κ1) is 15.0. The standard InChI is InChI=1S/C17H25N3O2/c1-3-6-12-9-14(12)20-17(18-2)19-10-13-11-21-15-7-4-5-8-16(15)22-13/h4-5,7-8,12-14H,3,6,9-11H2,1-2H3,(H2,18,19,20). The number of guanidine groups is 1. The molecule has 1 aromatic rings. The lowest BCUT2D eigenvalue weighted by molar-refractivity contribution is 0.0936. The van der Waals surface area contributed by atoms with Crippen LogP contribution in [0, 0.1) is 5.92 Å². The van der Waals surface area contributed by atoms with Crippen LogP contribution in [-0.4, -0.2) is 38.3 Å². The molecule has 0 bridgehead atoms. The van der Waals surface area contributed by atoms with E-state index in [0.29, 0.717) is 19.2 Å². The van der Waals surface area contributed by atoms with Crippen LogP contribution in [0.3, 0.4) is 0 Å². The Balaban J connectivity index is 1.44. The second-order valence-corrected chi connectivity index (χ2v) is 5.99. The number of aliphatic imine (C=N–C) groups is 1. The van der Waals surface area contributed by atoms with Gasteiger partial charge in [0.1, 0.15) is 12.7 Å². The van der Waals surface area contributed by atoms with Crippen molar-refractivity contribution in [3.05, 3.63) is 24.3 Å². The van der Waals surface area contributed by atoms with E-state index in [4.69, 9.17) is 9.47 Å². The van der Waals surface area contributed by atoms with Crippen molar-refractivity contribution in [2.24, 2.45) is 10.9 Å². The van der Waals surface area contributed by atoms with Crippen molar-refractivity contribution in [1.82, 2.24) is 10.6 Å². The number of benzene rings is 1. The van der Waals surface area contributed by atoms with Crippen LogP contribution < -0.4 is 20.1 Å². The number of fused-ring (bicyclic) bond motifs is 1. The maximum atomic E-state index is 5.94. The predicted molar refractivity (Wildman–Crippen MR) is 87.7 cm³/mol. The van der Waals surface area contributed by atoms with Crippen molar-refractivity contribution in [3.8, 4) is 11.5 Å². The molecule has 0 aromatic heterocycles. The zero-order valence-electron chi connectivity index (χ0n) is 13.3. The van der Waals surface area contributed by atoms with E-state index in [1.54, 1.807) is 7.05 Å². The molecule has 22 heavy (non-hydrogen) atoms. The number of rotatable bonds is 5. The second kappa shape index (κ2) is 6.90. The largest absolute Gasteiger partial charge is 0.486 e. The molecule has 2 N–H and O–H groups in total. The molecule has 0 spiro atoms. The molecule has 0 saturated heterocycles. The third-order valence-corrected chi connectivity index (χ3v) is 4.19. The first-order valence-electron chi connectivity index (χ1n) is 8.15. The van der Waals surface area contributed by atoms with Gasteiger partial charge in [-0.3, -0.25) is 4.99 Å². The summed E-state index contributed by atoms with van der Waals surface area (Å²) in [4.78, 5) is 4.29. The fraction of sp³-hybridized carbons (Fsp3) is 0.588. The zero-order chi connectivity index (χ0) is 15.4. The Morgan fingerprint density at radius 3 is 2.91 bits per heavy atom. The predicted octanol–water partition coefficient (Wildman–Crippen LogP) is 2.18. The van der Waals surface area contributed by atoms with Crippen molar-refractivity contribution in [2.75, 3.05) is 20.2 Å². The lowest BCUT2D eigenvalue weighted by Gasteiger charge is -2.27. The van der Waals surface area contributed by atoms with Gasteiger partial charge in [0.25, 0.3) is 0 Å².